The first kappa shape index (κ1) is 17.4. The van der Waals surface area contributed by atoms with E-state index in [1.54, 1.807) is 0 Å². The topological polar surface area (TPSA) is 63.4 Å². The van der Waals surface area contributed by atoms with Crippen LogP contribution >= 0.6 is 12.4 Å². The monoisotopic (exact) mass is 350 g/mol. The molecular formula is C17H23ClN4O2. The van der Waals surface area contributed by atoms with Gasteiger partial charge in [-0.05, 0) is 18.5 Å². The Labute approximate surface area is 148 Å². The maximum atomic E-state index is 5.43. The molecule has 3 heterocycles. The third-order valence-corrected chi connectivity index (χ3v) is 4.57. The summed E-state index contributed by atoms with van der Waals surface area (Å²) in [5.41, 5.74) is 2.32. The first-order chi connectivity index (χ1) is 11.4. The third-order valence-electron chi connectivity index (χ3n) is 4.57. The van der Waals surface area contributed by atoms with Crippen molar-refractivity contribution in [3.63, 3.8) is 0 Å². The molecule has 2 aliphatic heterocycles. The van der Waals surface area contributed by atoms with Crippen molar-refractivity contribution in [1.82, 2.24) is 20.4 Å². The van der Waals surface area contributed by atoms with Crippen molar-refractivity contribution in [3.8, 4) is 11.4 Å². The maximum absolute atomic E-state index is 5.43. The molecule has 2 aliphatic rings. The summed E-state index contributed by atoms with van der Waals surface area (Å²) in [6.45, 7) is 6.60. The zero-order chi connectivity index (χ0) is 15.5. The fourth-order valence-corrected chi connectivity index (χ4v) is 3.16. The van der Waals surface area contributed by atoms with Gasteiger partial charge in [0.1, 0.15) is 0 Å². The number of morpholine rings is 1. The van der Waals surface area contributed by atoms with Gasteiger partial charge in [0, 0.05) is 31.7 Å². The van der Waals surface area contributed by atoms with Crippen LogP contribution in [0.4, 0.5) is 0 Å². The number of halogens is 1. The molecule has 0 saturated carbocycles. The molecule has 4 rings (SSSR count). The Balaban J connectivity index is 0.00000169. The van der Waals surface area contributed by atoms with Crippen molar-refractivity contribution < 1.29 is 9.26 Å². The van der Waals surface area contributed by atoms with E-state index < -0.39 is 0 Å². The quantitative estimate of drug-likeness (QED) is 0.910. The lowest BCUT2D eigenvalue weighted by Crippen LogP contribution is -2.35. The van der Waals surface area contributed by atoms with Crippen LogP contribution in [0.1, 0.15) is 23.8 Å². The van der Waals surface area contributed by atoms with Gasteiger partial charge >= 0.3 is 0 Å². The van der Waals surface area contributed by atoms with Crippen LogP contribution in [0.2, 0.25) is 0 Å². The van der Waals surface area contributed by atoms with Gasteiger partial charge in [0.25, 0.3) is 0 Å². The standard InChI is InChI=1S/C17H22N4O2.ClH/c1-3-14(4-2-13(1)12-21-7-9-22-10-8-21)16-19-17(23-20-16)15-5-6-18-11-15;/h1-4,15,18H,5-12H2;1H/t15-;/m1./s1. The lowest BCUT2D eigenvalue weighted by atomic mass is 10.1. The van der Waals surface area contributed by atoms with Gasteiger partial charge in [-0.2, -0.15) is 4.98 Å². The molecule has 24 heavy (non-hydrogen) atoms. The first-order valence-electron chi connectivity index (χ1n) is 8.32. The minimum absolute atomic E-state index is 0. The summed E-state index contributed by atoms with van der Waals surface area (Å²) in [6.07, 6.45) is 1.07. The zero-order valence-electron chi connectivity index (χ0n) is 13.6. The molecule has 0 unspecified atom stereocenters. The molecule has 1 aromatic carbocycles. The van der Waals surface area contributed by atoms with Gasteiger partial charge in [0.2, 0.25) is 11.7 Å². The van der Waals surface area contributed by atoms with Gasteiger partial charge in [0.15, 0.2) is 0 Å². The molecule has 2 aromatic rings. The molecule has 0 radical (unpaired) electrons. The van der Waals surface area contributed by atoms with Gasteiger partial charge in [0.05, 0.1) is 19.1 Å². The molecule has 130 valence electrons. The Morgan fingerprint density at radius 3 is 2.67 bits per heavy atom. The molecular weight excluding hydrogens is 328 g/mol. The van der Waals surface area contributed by atoms with Crippen molar-refractivity contribution >= 4 is 12.4 Å². The number of nitrogens with one attached hydrogen (secondary N) is 1. The van der Waals surface area contributed by atoms with Crippen LogP contribution in [-0.4, -0.2) is 54.4 Å². The Morgan fingerprint density at radius 1 is 1.17 bits per heavy atom. The van der Waals surface area contributed by atoms with E-state index in [0.29, 0.717) is 11.7 Å². The van der Waals surface area contributed by atoms with Crippen LogP contribution in [0.25, 0.3) is 11.4 Å². The highest BCUT2D eigenvalue weighted by Gasteiger charge is 2.23. The summed E-state index contributed by atoms with van der Waals surface area (Å²) < 4.78 is 10.8. The van der Waals surface area contributed by atoms with Crippen molar-refractivity contribution in [2.24, 2.45) is 0 Å². The van der Waals surface area contributed by atoms with E-state index in [4.69, 9.17) is 9.26 Å². The summed E-state index contributed by atoms with van der Waals surface area (Å²) in [7, 11) is 0. The van der Waals surface area contributed by atoms with Crippen molar-refractivity contribution in [2.45, 2.75) is 18.9 Å². The molecule has 1 aromatic heterocycles. The molecule has 0 amide bonds. The second kappa shape index (κ2) is 8.07. The summed E-state index contributed by atoms with van der Waals surface area (Å²) in [5.74, 6) is 1.80. The van der Waals surface area contributed by atoms with Crippen LogP contribution in [0.15, 0.2) is 28.8 Å². The third kappa shape index (κ3) is 3.95. The number of aromatic nitrogens is 2. The summed E-state index contributed by atoms with van der Waals surface area (Å²) in [5, 5.41) is 7.46. The average Bonchev–Trinajstić information content (AvgIpc) is 3.28. The molecule has 0 spiro atoms. The zero-order valence-corrected chi connectivity index (χ0v) is 14.4. The fraction of sp³-hybridized carbons (Fsp3) is 0.529. The Kier molecular flexibility index (Phi) is 5.84. The van der Waals surface area contributed by atoms with Crippen molar-refractivity contribution in [2.75, 3.05) is 39.4 Å². The Morgan fingerprint density at radius 2 is 1.96 bits per heavy atom. The predicted octanol–water partition coefficient (Wildman–Crippen LogP) is 2.07. The average molecular weight is 351 g/mol. The van der Waals surface area contributed by atoms with Crippen molar-refractivity contribution in [1.29, 1.82) is 0 Å². The Hall–Kier alpha value is -1.47. The van der Waals surface area contributed by atoms with E-state index in [2.05, 4.69) is 44.6 Å². The molecule has 7 heteroatoms. The van der Waals surface area contributed by atoms with E-state index in [1.165, 1.54) is 5.56 Å². The first-order valence-corrected chi connectivity index (χ1v) is 8.32. The van der Waals surface area contributed by atoms with Gasteiger partial charge in [-0.1, -0.05) is 29.4 Å². The van der Waals surface area contributed by atoms with Crippen LogP contribution in [0.5, 0.6) is 0 Å². The number of nitrogens with zero attached hydrogens (tertiary/aromatic N) is 3. The summed E-state index contributed by atoms with van der Waals surface area (Å²) in [6, 6.07) is 8.46. The highest BCUT2D eigenvalue weighted by atomic mass is 35.5. The van der Waals surface area contributed by atoms with Gasteiger partial charge in [-0.15, -0.1) is 12.4 Å². The largest absolute Gasteiger partial charge is 0.379 e. The number of hydrogen-bond donors (Lipinski definition) is 1. The van der Waals surface area contributed by atoms with Gasteiger partial charge in [-0.3, -0.25) is 4.90 Å². The summed E-state index contributed by atoms with van der Waals surface area (Å²) in [4.78, 5) is 6.98. The van der Waals surface area contributed by atoms with E-state index in [9.17, 15) is 0 Å². The van der Waals surface area contributed by atoms with Gasteiger partial charge in [-0.25, -0.2) is 0 Å². The van der Waals surface area contributed by atoms with Crippen LogP contribution in [0, 0.1) is 0 Å². The summed E-state index contributed by atoms with van der Waals surface area (Å²) >= 11 is 0. The lowest BCUT2D eigenvalue weighted by molar-refractivity contribution is 0.0342. The second-order valence-electron chi connectivity index (χ2n) is 6.23. The smallest absolute Gasteiger partial charge is 0.231 e. The van der Waals surface area contributed by atoms with E-state index in [0.717, 1.165) is 63.8 Å². The van der Waals surface area contributed by atoms with E-state index >= 15 is 0 Å². The molecule has 6 nitrogen and oxygen atoms in total. The van der Waals surface area contributed by atoms with Crippen LogP contribution in [0.3, 0.4) is 0 Å². The van der Waals surface area contributed by atoms with Crippen molar-refractivity contribution in [3.05, 3.63) is 35.7 Å². The number of ether oxygens (including phenoxy) is 1. The maximum Gasteiger partial charge on any atom is 0.231 e. The highest BCUT2D eigenvalue weighted by molar-refractivity contribution is 5.85. The minimum atomic E-state index is 0. The normalized spacial score (nSPS) is 21.6. The Bertz CT molecular complexity index is 634. The number of benzene rings is 1. The molecule has 2 fully saturated rings. The van der Waals surface area contributed by atoms with Gasteiger partial charge < -0.3 is 14.6 Å². The van der Waals surface area contributed by atoms with Crippen LogP contribution in [-0.2, 0) is 11.3 Å². The molecule has 1 N–H and O–H groups in total. The van der Waals surface area contributed by atoms with E-state index in [1.807, 2.05) is 0 Å². The number of hydrogen-bond acceptors (Lipinski definition) is 6. The van der Waals surface area contributed by atoms with Crippen LogP contribution < -0.4 is 5.32 Å². The SMILES string of the molecule is Cl.c1cc(-c2noc([C@@H]3CCNC3)n2)ccc1CN1CCOCC1. The second-order valence-corrected chi connectivity index (χ2v) is 6.23. The lowest BCUT2D eigenvalue weighted by Gasteiger charge is -2.26. The molecule has 0 aliphatic carbocycles. The highest BCUT2D eigenvalue weighted by Crippen LogP contribution is 2.24. The predicted molar refractivity (Wildman–Crippen MR) is 93.3 cm³/mol. The van der Waals surface area contributed by atoms with E-state index in [-0.39, 0.29) is 12.4 Å². The molecule has 0 bridgehead atoms. The molecule has 2 saturated heterocycles. The molecule has 1 atom stereocenters. The number of rotatable bonds is 4. The fourth-order valence-electron chi connectivity index (χ4n) is 3.16. The minimum Gasteiger partial charge on any atom is -0.379 e.